The molecule has 0 aromatic rings. The molecule has 0 bridgehead atoms. The van der Waals surface area contributed by atoms with Gasteiger partial charge in [0.05, 0.1) is 5.60 Å². The van der Waals surface area contributed by atoms with Gasteiger partial charge in [0.15, 0.2) is 0 Å². The molecule has 1 atom stereocenters. The molecule has 0 spiro atoms. The molecule has 0 aromatic heterocycles. The summed E-state index contributed by atoms with van der Waals surface area (Å²) in [5.41, 5.74) is 1.97. The van der Waals surface area contributed by atoms with Crippen LogP contribution in [0.1, 0.15) is 104 Å². The Kier molecular flexibility index (Phi) is 15.8. The van der Waals surface area contributed by atoms with Crippen LogP contribution in [0.2, 0.25) is 0 Å². The summed E-state index contributed by atoms with van der Waals surface area (Å²) < 4.78 is 0. The van der Waals surface area contributed by atoms with Crippen LogP contribution in [0.3, 0.4) is 0 Å². The summed E-state index contributed by atoms with van der Waals surface area (Å²) in [6.45, 7) is 6.67. The number of aliphatic hydroxyl groups is 1. The van der Waals surface area contributed by atoms with E-state index in [-0.39, 0.29) is 0 Å². The Labute approximate surface area is 184 Å². The van der Waals surface area contributed by atoms with E-state index in [0.717, 1.165) is 17.9 Å². The molecule has 0 saturated carbocycles. The lowest BCUT2D eigenvalue weighted by Crippen LogP contribution is -2.34. The molecule has 0 aliphatic heterocycles. The molecule has 0 saturated heterocycles. The van der Waals surface area contributed by atoms with Gasteiger partial charge in [-0.3, -0.25) is 0 Å². The summed E-state index contributed by atoms with van der Waals surface area (Å²) in [6, 6.07) is 0. The summed E-state index contributed by atoms with van der Waals surface area (Å²) in [6.07, 6.45) is 21.7. The molecule has 0 radical (unpaired) electrons. The van der Waals surface area contributed by atoms with Gasteiger partial charge in [-0.2, -0.15) is 23.5 Å². The van der Waals surface area contributed by atoms with Crippen LogP contribution in [-0.2, 0) is 0 Å². The normalized spacial score (nSPS) is 19.6. The summed E-state index contributed by atoms with van der Waals surface area (Å²) in [7, 11) is 0. The molecule has 28 heavy (non-hydrogen) atoms. The second-order valence-corrected chi connectivity index (χ2v) is 10.7. The van der Waals surface area contributed by atoms with Crippen LogP contribution in [0.25, 0.3) is 0 Å². The Morgan fingerprint density at radius 3 is 1.93 bits per heavy atom. The number of thioether (sulfide) groups is 2. The lowest BCUT2D eigenvalue weighted by molar-refractivity contribution is 0.105. The van der Waals surface area contributed by atoms with E-state index in [0.29, 0.717) is 0 Å². The number of hydrogen-bond donors (Lipinski definition) is 1. The minimum Gasteiger partial charge on any atom is -0.384 e. The van der Waals surface area contributed by atoms with Crippen molar-refractivity contribution in [1.29, 1.82) is 0 Å². The summed E-state index contributed by atoms with van der Waals surface area (Å²) in [5.74, 6) is 4.41. The van der Waals surface area contributed by atoms with Crippen LogP contribution in [0.15, 0.2) is 23.3 Å². The van der Waals surface area contributed by atoms with Crippen molar-refractivity contribution in [3.8, 4) is 0 Å². The Hall–Kier alpha value is 0.140. The fourth-order valence-corrected chi connectivity index (χ4v) is 5.83. The van der Waals surface area contributed by atoms with E-state index in [1.807, 2.05) is 11.8 Å². The maximum absolute atomic E-state index is 11.0. The highest BCUT2D eigenvalue weighted by Crippen LogP contribution is 2.32. The van der Waals surface area contributed by atoms with Gasteiger partial charge in [0.2, 0.25) is 0 Å². The highest BCUT2D eigenvalue weighted by Gasteiger charge is 2.30. The Morgan fingerprint density at radius 2 is 1.36 bits per heavy atom. The van der Waals surface area contributed by atoms with Crippen molar-refractivity contribution in [3.63, 3.8) is 0 Å². The summed E-state index contributed by atoms with van der Waals surface area (Å²) in [5, 5.41) is 11.0. The monoisotopic (exact) mass is 426 g/mol. The van der Waals surface area contributed by atoms with Gasteiger partial charge in [-0.05, 0) is 48.8 Å². The Bertz CT molecular complexity index is 444. The first kappa shape index (κ1) is 26.2. The minimum absolute atomic E-state index is 0.611. The highest BCUT2D eigenvalue weighted by molar-refractivity contribution is 7.99. The molecule has 1 unspecified atom stereocenters. The van der Waals surface area contributed by atoms with Gasteiger partial charge < -0.3 is 5.11 Å². The molecule has 164 valence electrons. The van der Waals surface area contributed by atoms with E-state index in [1.54, 1.807) is 0 Å². The van der Waals surface area contributed by atoms with Crippen molar-refractivity contribution in [3.05, 3.63) is 23.3 Å². The number of unbranched alkanes of at least 4 members (excludes halogenated alkanes) is 10. The van der Waals surface area contributed by atoms with Gasteiger partial charge >= 0.3 is 0 Å². The lowest BCUT2D eigenvalue weighted by atomic mass is 9.87. The second kappa shape index (κ2) is 16.9. The zero-order valence-electron chi connectivity index (χ0n) is 18.9. The van der Waals surface area contributed by atoms with Gasteiger partial charge in [0.1, 0.15) is 0 Å². The zero-order chi connectivity index (χ0) is 20.5. The summed E-state index contributed by atoms with van der Waals surface area (Å²) in [4.78, 5) is 0. The standard InChI is InChI=1S/C25H46OS2/c1-4-6-8-10-12-14-18-27-21-24-16-17-25(26,23(3)20-24)22-28-19-15-13-11-9-7-5-2/h16,20,26H,4-15,17-19,21-22H2,1-3H3. The smallest absolute Gasteiger partial charge is 0.0981 e. The topological polar surface area (TPSA) is 20.2 Å². The van der Waals surface area contributed by atoms with Crippen molar-refractivity contribution in [2.45, 2.75) is 110 Å². The van der Waals surface area contributed by atoms with Crippen molar-refractivity contribution in [2.75, 3.05) is 23.0 Å². The molecule has 0 heterocycles. The fourth-order valence-electron chi connectivity index (χ4n) is 3.61. The van der Waals surface area contributed by atoms with Crippen LogP contribution in [0.5, 0.6) is 0 Å². The van der Waals surface area contributed by atoms with E-state index in [2.05, 4.69) is 44.7 Å². The van der Waals surface area contributed by atoms with Crippen molar-refractivity contribution < 1.29 is 5.11 Å². The van der Waals surface area contributed by atoms with Gasteiger partial charge in [0.25, 0.3) is 0 Å². The quantitative estimate of drug-likeness (QED) is 0.223. The molecule has 1 nitrogen and oxygen atoms in total. The average molecular weight is 427 g/mol. The molecule has 3 heteroatoms. The van der Waals surface area contributed by atoms with E-state index >= 15 is 0 Å². The first-order valence-electron chi connectivity index (χ1n) is 11.9. The van der Waals surface area contributed by atoms with Crippen molar-refractivity contribution in [2.24, 2.45) is 0 Å². The number of hydrogen-bond acceptors (Lipinski definition) is 3. The molecule has 0 amide bonds. The van der Waals surface area contributed by atoms with E-state index in [9.17, 15) is 5.11 Å². The zero-order valence-corrected chi connectivity index (χ0v) is 20.6. The van der Waals surface area contributed by atoms with E-state index in [4.69, 9.17) is 0 Å². The molecular formula is C25H46OS2. The first-order chi connectivity index (χ1) is 13.6. The maximum atomic E-state index is 11.0. The highest BCUT2D eigenvalue weighted by atomic mass is 32.2. The third-order valence-electron chi connectivity index (χ3n) is 5.73. The molecule has 1 aliphatic carbocycles. The Balaban J connectivity index is 2.12. The van der Waals surface area contributed by atoms with Gasteiger partial charge in [-0.1, -0.05) is 90.2 Å². The van der Waals surface area contributed by atoms with Crippen molar-refractivity contribution in [1.82, 2.24) is 0 Å². The van der Waals surface area contributed by atoms with Crippen LogP contribution in [-0.4, -0.2) is 33.7 Å². The van der Waals surface area contributed by atoms with Crippen molar-refractivity contribution >= 4 is 23.5 Å². The maximum Gasteiger partial charge on any atom is 0.0981 e. The summed E-state index contributed by atoms with van der Waals surface area (Å²) >= 11 is 3.99. The Morgan fingerprint density at radius 1 is 0.821 bits per heavy atom. The van der Waals surface area contributed by atoms with Crippen LogP contribution in [0, 0.1) is 0 Å². The van der Waals surface area contributed by atoms with Crippen LogP contribution >= 0.6 is 23.5 Å². The minimum atomic E-state index is -0.611. The van der Waals surface area contributed by atoms with E-state index in [1.165, 1.54) is 99.7 Å². The van der Waals surface area contributed by atoms with Gasteiger partial charge in [-0.15, -0.1) is 0 Å². The molecule has 1 aliphatic rings. The molecule has 1 rings (SSSR count). The largest absolute Gasteiger partial charge is 0.384 e. The van der Waals surface area contributed by atoms with Crippen LogP contribution in [0.4, 0.5) is 0 Å². The van der Waals surface area contributed by atoms with Gasteiger partial charge in [-0.25, -0.2) is 0 Å². The predicted molar refractivity (Wildman–Crippen MR) is 133 cm³/mol. The molecule has 1 N–H and O–H groups in total. The fraction of sp³-hybridized carbons (Fsp3) is 0.840. The molecular weight excluding hydrogens is 380 g/mol. The third-order valence-corrected chi connectivity index (χ3v) is 8.11. The first-order valence-corrected chi connectivity index (χ1v) is 14.2. The predicted octanol–water partition coefficient (Wildman–Crippen LogP) is 8.18. The van der Waals surface area contributed by atoms with Gasteiger partial charge in [0, 0.05) is 11.5 Å². The second-order valence-electron chi connectivity index (χ2n) is 8.48. The third kappa shape index (κ3) is 12.0. The molecule has 0 fully saturated rings. The SMILES string of the molecule is CCCCCCCCSCC1=CCC(O)(CSCCCCCCCC)C(C)=C1. The van der Waals surface area contributed by atoms with Crippen LogP contribution < -0.4 is 0 Å². The number of rotatable bonds is 18. The average Bonchev–Trinajstić information content (AvgIpc) is 2.69. The lowest BCUT2D eigenvalue weighted by Gasteiger charge is -2.31. The number of allylic oxidation sites excluding steroid dienone is 1. The molecule has 0 aromatic carbocycles. The van der Waals surface area contributed by atoms with E-state index < -0.39 is 5.60 Å².